The van der Waals surface area contributed by atoms with Crippen molar-refractivity contribution in [1.29, 1.82) is 0 Å². The zero-order valence-corrected chi connectivity index (χ0v) is 18.1. The van der Waals surface area contributed by atoms with Gasteiger partial charge in [0.15, 0.2) is 0 Å². The molecule has 33 heavy (non-hydrogen) atoms. The third-order valence-electron chi connectivity index (χ3n) is 6.07. The molecule has 0 fully saturated rings. The average molecular weight is 443 g/mol. The zero-order chi connectivity index (χ0) is 22.9. The van der Waals surface area contributed by atoms with Crippen molar-refractivity contribution in [2.24, 2.45) is 0 Å². The predicted molar refractivity (Wildman–Crippen MR) is 124 cm³/mol. The Balaban J connectivity index is 1.66. The fourth-order valence-electron chi connectivity index (χ4n) is 4.56. The summed E-state index contributed by atoms with van der Waals surface area (Å²) in [4.78, 5) is 15.3. The number of carbonyl (C=O) groups is 1. The Morgan fingerprint density at radius 1 is 0.970 bits per heavy atom. The molecular formula is C27H23F2N3O. The van der Waals surface area contributed by atoms with Crippen molar-refractivity contribution in [2.75, 3.05) is 5.32 Å². The van der Waals surface area contributed by atoms with E-state index < -0.39 is 17.7 Å². The number of fused-ring (bicyclic) bond motifs is 3. The van der Waals surface area contributed by atoms with Gasteiger partial charge in [-0.05, 0) is 59.5 Å². The number of halogens is 2. The Labute approximate surface area is 191 Å². The number of amides is 2. The largest absolute Gasteiger partial charge is 0.322 e. The SMILES string of the molecule is CCc1ccccc1NC(=O)N1Cc2ccccc2-n2cccc2C1c1cc(F)cc(F)c1. The van der Waals surface area contributed by atoms with E-state index in [0.717, 1.165) is 40.7 Å². The van der Waals surface area contributed by atoms with E-state index in [-0.39, 0.29) is 12.6 Å². The van der Waals surface area contributed by atoms with Crippen LogP contribution in [0.25, 0.3) is 5.69 Å². The van der Waals surface area contributed by atoms with Crippen molar-refractivity contribution in [3.8, 4) is 5.69 Å². The summed E-state index contributed by atoms with van der Waals surface area (Å²) in [6.07, 6.45) is 2.67. The van der Waals surface area contributed by atoms with E-state index in [0.29, 0.717) is 5.56 Å². The minimum atomic E-state index is -0.689. The molecule has 1 aromatic heterocycles. The highest BCUT2D eigenvalue weighted by molar-refractivity contribution is 5.91. The smallest absolute Gasteiger partial charge is 0.318 e. The first-order chi connectivity index (χ1) is 16.0. The molecule has 0 saturated carbocycles. The predicted octanol–water partition coefficient (Wildman–Crippen LogP) is 6.46. The number of nitrogens with zero attached hydrogens (tertiary/aromatic N) is 2. The first kappa shape index (κ1) is 20.9. The molecule has 6 heteroatoms. The summed E-state index contributed by atoms with van der Waals surface area (Å²) in [5.74, 6) is -1.36. The molecule has 1 aliphatic rings. The van der Waals surface area contributed by atoms with Gasteiger partial charge in [0, 0.05) is 23.6 Å². The molecule has 4 aromatic rings. The van der Waals surface area contributed by atoms with E-state index in [1.165, 1.54) is 12.1 Å². The zero-order valence-electron chi connectivity index (χ0n) is 18.1. The molecule has 1 aliphatic heterocycles. The Bertz CT molecular complexity index is 1310. The molecule has 1 unspecified atom stereocenters. The number of urea groups is 1. The lowest BCUT2D eigenvalue weighted by Crippen LogP contribution is -2.38. The molecule has 1 atom stereocenters. The van der Waals surface area contributed by atoms with Crippen LogP contribution in [-0.2, 0) is 13.0 Å². The van der Waals surface area contributed by atoms with E-state index in [1.807, 2.05) is 78.4 Å². The highest BCUT2D eigenvalue weighted by Gasteiger charge is 2.33. The first-order valence-corrected chi connectivity index (χ1v) is 10.9. The van der Waals surface area contributed by atoms with Crippen LogP contribution in [0.5, 0.6) is 0 Å². The molecule has 0 radical (unpaired) electrons. The van der Waals surface area contributed by atoms with E-state index in [9.17, 15) is 13.6 Å². The molecule has 166 valence electrons. The van der Waals surface area contributed by atoms with Gasteiger partial charge in [-0.2, -0.15) is 0 Å². The first-order valence-electron chi connectivity index (χ1n) is 10.9. The third-order valence-corrected chi connectivity index (χ3v) is 6.07. The lowest BCUT2D eigenvalue weighted by molar-refractivity contribution is 0.194. The number of benzene rings is 3. The maximum absolute atomic E-state index is 14.3. The summed E-state index contributed by atoms with van der Waals surface area (Å²) >= 11 is 0. The van der Waals surface area contributed by atoms with Crippen LogP contribution in [-0.4, -0.2) is 15.5 Å². The molecular weight excluding hydrogens is 420 g/mol. The average Bonchev–Trinajstić information content (AvgIpc) is 3.22. The van der Waals surface area contributed by atoms with Gasteiger partial charge in [0.25, 0.3) is 0 Å². The summed E-state index contributed by atoms with van der Waals surface area (Å²) in [6, 6.07) is 21.6. The Morgan fingerprint density at radius 2 is 1.70 bits per heavy atom. The number of anilines is 1. The van der Waals surface area contributed by atoms with Gasteiger partial charge in [0.05, 0.1) is 18.3 Å². The van der Waals surface area contributed by atoms with Gasteiger partial charge >= 0.3 is 6.03 Å². The van der Waals surface area contributed by atoms with Gasteiger partial charge in [0.1, 0.15) is 11.6 Å². The van der Waals surface area contributed by atoms with Crippen LogP contribution in [0.1, 0.15) is 35.3 Å². The van der Waals surface area contributed by atoms with E-state index in [2.05, 4.69) is 5.32 Å². The van der Waals surface area contributed by atoms with Crippen LogP contribution in [0, 0.1) is 11.6 Å². The number of rotatable bonds is 3. The summed E-state index contributed by atoms with van der Waals surface area (Å²) in [7, 11) is 0. The van der Waals surface area contributed by atoms with Gasteiger partial charge in [-0.25, -0.2) is 13.6 Å². The van der Waals surface area contributed by atoms with Crippen LogP contribution in [0.2, 0.25) is 0 Å². The van der Waals surface area contributed by atoms with E-state index in [4.69, 9.17) is 0 Å². The third kappa shape index (κ3) is 3.89. The van der Waals surface area contributed by atoms with E-state index >= 15 is 0 Å². The second-order valence-electron chi connectivity index (χ2n) is 8.11. The quantitative estimate of drug-likeness (QED) is 0.388. The van der Waals surface area contributed by atoms with Crippen molar-refractivity contribution in [3.63, 3.8) is 0 Å². The van der Waals surface area contributed by atoms with Crippen molar-refractivity contribution in [1.82, 2.24) is 9.47 Å². The second-order valence-corrected chi connectivity index (χ2v) is 8.11. The second kappa shape index (κ2) is 8.54. The van der Waals surface area contributed by atoms with Gasteiger partial charge < -0.3 is 14.8 Å². The maximum Gasteiger partial charge on any atom is 0.322 e. The Morgan fingerprint density at radius 3 is 2.48 bits per heavy atom. The molecule has 2 amide bonds. The monoisotopic (exact) mass is 443 g/mol. The molecule has 0 bridgehead atoms. The number of hydrogen-bond donors (Lipinski definition) is 1. The van der Waals surface area contributed by atoms with Crippen LogP contribution in [0.15, 0.2) is 85.1 Å². The number of nitrogens with one attached hydrogen (secondary N) is 1. The molecule has 3 aromatic carbocycles. The van der Waals surface area contributed by atoms with Gasteiger partial charge in [-0.15, -0.1) is 0 Å². The number of aryl methyl sites for hydroxylation is 1. The molecule has 4 nitrogen and oxygen atoms in total. The minimum absolute atomic E-state index is 0.279. The molecule has 1 N–H and O–H groups in total. The minimum Gasteiger partial charge on any atom is -0.318 e. The van der Waals surface area contributed by atoms with Crippen molar-refractivity contribution < 1.29 is 13.6 Å². The van der Waals surface area contributed by atoms with Crippen LogP contribution >= 0.6 is 0 Å². The number of aromatic nitrogens is 1. The highest BCUT2D eigenvalue weighted by atomic mass is 19.1. The number of para-hydroxylation sites is 2. The van der Waals surface area contributed by atoms with Crippen molar-refractivity contribution in [2.45, 2.75) is 25.9 Å². The summed E-state index contributed by atoms with van der Waals surface area (Å²) < 4.78 is 30.5. The number of carbonyl (C=O) groups excluding carboxylic acids is 1. The van der Waals surface area contributed by atoms with E-state index in [1.54, 1.807) is 4.90 Å². The molecule has 0 aliphatic carbocycles. The fourth-order valence-corrected chi connectivity index (χ4v) is 4.56. The maximum atomic E-state index is 14.3. The fraction of sp³-hybridized carbons (Fsp3) is 0.148. The molecule has 2 heterocycles. The van der Waals surface area contributed by atoms with Crippen molar-refractivity contribution >= 4 is 11.7 Å². The Kier molecular flexibility index (Phi) is 5.42. The summed E-state index contributed by atoms with van der Waals surface area (Å²) in [5.41, 5.74) is 4.74. The van der Waals surface area contributed by atoms with Crippen LogP contribution in [0.3, 0.4) is 0 Å². The topological polar surface area (TPSA) is 37.3 Å². The lowest BCUT2D eigenvalue weighted by Gasteiger charge is -2.31. The van der Waals surface area contributed by atoms with Crippen LogP contribution < -0.4 is 5.32 Å². The lowest BCUT2D eigenvalue weighted by atomic mass is 10.0. The van der Waals surface area contributed by atoms with Crippen molar-refractivity contribution in [3.05, 3.63) is 119 Å². The normalized spacial score (nSPS) is 14.9. The standard InChI is InChI=1S/C27H23F2N3O/c1-2-18-8-3-5-10-23(18)30-27(33)32-17-19-9-4-6-11-24(19)31-13-7-12-25(31)26(32)20-14-21(28)16-22(29)15-20/h3-16,26H,2,17H2,1H3,(H,30,33). The molecule has 0 spiro atoms. The number of hydrogen-bond acceptors (Lipinski definition) is 1. The highest BCUT2D eigenvalue weighted by Crippen LogP contribution is 2.37. The molecule has 0 saturated heterocycles. The summed E-state index contributed by atoms with van der Waals surface area (Å²) in [5, 5.41) is 3.03. The van der Waals surface area contributed by atoms with Crippen LogP contribution in [0.4, 0.5) is 19.3 Å². The van der Waals surface area contributed by atoms with Gasteiger partial charge in [-0.1, -0.05) is 43.3 Å². The van der Waals surface area contributed by atoms with Gasteiger partial charge in [0.2, 0.25) is 0 Å². The summed E-state index contributed by atoms with van der Waals surface area (Å²) in [6.45, 7) is 2.30. The molecule has 5 rings (SSSR count). The van der Waals surface area contributed by atoms with Gasteiger partial charge in [-0.3, -0.25) is 0 Å². The Hall–Kier alpha value is -3.93.